The third-order valence-electron chi connectivity index (χ3n) is 4.70. The SMILES string of the molecule is O=S(=O)([O-])c1cc2ccccc2cc1S(=O)(=O)[O-].O=S(=O)([O-])c1cc2ccccc2cc1S(=O)(=O)[O-].[Na+].[Na+].[Na+].[Na+]. The van der Waals surface area contributed by atoms with Gasteiger partial charge in [0.15, 0.2) is 0 Å². The van der Waals surface area contributed by atoms with Crippen LogP contribution in [-0.4, -0.2) is 51.9 Å². The van der Waals surface area contributed by atoms with Crippen LogP contribution in [-0.2, 0) is 40.5 Å². The van der Waals surface area contributed by atoms with Crippen LogP contribution >= 0.6 is 0 Å². The van der Waals surface area contributed by atoms with Crippen molar-refractivity contribution in [2.75, 3.05) is 0 Å². The normalized spacial score (nSPS) is 11.5. The van der Waals surface area contributed by atoms with Crippen LogP contribution in [0.1, 0.15) is 0 Å². The summed E-state index contributed by atoms with van der Waals surface area (Å²) < 4.78 is 132. The Morgan fingerprint density at radius 2 is 0.500 bits per heavy atom. The summed E-state index contributed by atoms with van der Waals surface area (Å²) in [5, 5.41) is 1.44. The molecule has 12 nitrogen and oxygen atoms in total. The molecule has 0 spiro atoms. The summed E-state index contributed by atoms with van der Waals surface area (Å²) in [5.41, 5.74) is 0. The summed E-state index contributed by atoms with van der Waals surface area (Å²) >= 11 is 0. The van der Waals surface area contributed by atoms with Gasteiger partial charge in [0.2, 0.25) is 0 Å². The van der Waals surface area contributed by atoms with Gasteiger partial charge in [-0.05, 0) is 45.8 Å². The van der Waals surface area contributed by atoms with Gasteiger partial charge in [-0.15, -0.1) is 0 Å². The number of hydrogen-bond donors (Lipinski definition) is 0. The van der Waals surface area contributed by atoms with Crippen molar-refractivity contribution >= 4 is 62.0 Å². The molecule has 40 heavy (non-hydrogen) atoms. The van der Waals surface area contributed by atoms with E-state index in [1.54, 1.807) is 24.3 Å². The molecule has 20 heteroatoms. The third kappa shape index (κ3) is 11.2. The van der Waals surface area contributed by atoms with E-state index in [1.807, 2.05) is 0 Å². The topological polar surface area (TPSA) is 229 Å². The van der Waals surface area contributed by atoms with Gasteiger partial charge in [0.25, 0.3) is 0 Å². The molecule has 0 bridgehead atoms. The van der Waals surface area contributed by atoms with Crippen LogP contribution in [0.3, 0.4) is 0 Å². The summed E-state index contributed by atoms with van der Waals surface area (Å²) in [6.45, 7) is 0. The van der Waals surface area contributed by atoms with Crippen molar-refractivity contribution < 1.29 is 170 Å². The molecule has 0 aliphatic heterocycles. The fourth-order valence-corrected chi connectivity index (χ4v) is 6.71. The van der Waals surface area contributed by atoms with Crippen molar-refractivity contribution in [1.29, 1.82) is 0 Å². The fourth-order valence-electron chi connectivity index (χ4n) is 3.18. The number of hydrogen-bond acceptors (Lipinski definition) is 12. The van der Waals surface area contributed by atoms with E-state index in [4.69, 9.17) is 0 Å². The van der Waals surface area contributed by atoms with Crippen molar-refractivity contribution in [1.82, 2.24) is 0 Å². The van der Waals surface area contributed by atoms with E-state index in [2.05, 4.69) is 0 Å². The summed E-state index contributed by atoms with van der Waals surface area (Å²) in [5.74, 6) is 0. The molecule has 4 aromatic carbocycles. The smallest absolute Gasteiger partial charge is 0.744 e. The van der Waals surface area contributed by atoms with Crippen molar-refractivity contribution in [2.45, 2.75) is 19.6 Å². The van der Waals surface area contributed by atoms with Gasteiger partial charge in [-0.2, -0.15) is 0 Å². The molecule has 0 aliphatic rings. The Morgan fingerprint density at radius 1 is 0.350 bits per heavy atom. The molecule has 0 saturated carbocycles. The summed E-state index contributed by atoms with van der Waals surface area (Å²) in [6, 6.07) is 16.0. The first-order valence-corrected chi connectivity index (χ1v) is 14.9. The predicted octanol–water partition coefficient (Wildman–Crippen LogP) is -10.7. The zero-order valence-electron chi connectivity index (χ0n) is 21.5. The maximum Gasteiger partial charge on any atom is 1.00 e. The summed E-state index contributed by atoms with van der Waals surface area (Å²) in [7, 11) is -20.1. The Bertz CT molecular complexity index is 1660. The van der Waals surface area contributed by atoms with E-state index in [1.165, 1.54) is 24.3 Å². The number of benzene rings is 4. The van der Waals surface area contributed by atoms with Gasteiger partial charge < -0.3 is 18.2 Å². The van der Waals surface area contributed by atoms with E-state index in [0.717, 1.165) is 24.3 Å². The van der Waals surface area contributed by atoms with Gasteiger partial charge in [0.1, 0.15) is 40.5 Å². The van der Waals surface area contributed by atoms with Gasteiger partial charge in [0, 0.05) is 0 Å². The maximum atomic E-state index is 11.0. The van der Waals surface area contributed by atoms with Gasteiger partial charge >= 0.3 is 118 Å². The molecule has 192 valence electrons. The van der Waals surface area contributed by atoms with E-state index in [-0.39, 0.29) is 118 Å². The largest absolute Gasteiger partial charge is 1.00 e. The number of fused-ring (bicyclic) bond motifs is 2. The van der Waals surface area contributed by atoms with Crippen LogP contribution < -0.4 is 118 Å². The van der Waals surface area contributed by atoms with Crippen molar-refractivity contribution in [2.24, 2.45) is 0 Å². The Morgan fingerprint density at radius 3 is 0.625 bits per heavy atom. The molecular formula is C20H12Na4O12S4. The van der Waals surface area contributed by atoms with Gasteiger partial charge in [-0.1, -0.05) is 48.5 Å². The molecule has 0 radical (unpaired) electrons. The second-order valence-corrected chi connectivity index (χ2v) is 12.5. The Hall–Kier alpha value is 1.04. The van der Waals surface area contributed by atoms with Crippen LogP contribution in [0.25, 0.3) is 21.5 Å². The van der Waals surface area contributed by atoms with Crippen molar-refractivity contribution in [3.63, 3.8) is 0 Å². The average molecular weight is 665 g/mol. The second-order valence-electron chi connectivity index (χ2n) is 7.11. The molecule has 0 aromatic heterocycles. The summed E-state index contributed by atoms with van der Waals surface area (Å²) in [4.78, 5) is -4.07. The van der Waals surface area contributed by atoms with Gasteiger partial charge in [-0.25, -0.2) is 33.7 Å². The zero-order valence-corrected chi connectivity index (χ0v) is 32.7. The van der Waals surface area contributed by atoms with Crippen LogP contribution in [0.2, 0.25) is 0 Å². The van der Waals surface area contributed by atoms with Crippen LogP contribution in [0.15, 0.2) is 92.4 Å². The molecule has 0 atom stereocenters. The first kappa shape index (κ1) is 43.2. The Labute approximate surface area is 319 Å². The zero-order chi connectivity index (χ0) is 27.1. The Balaban J connectivity index is 0. The van der Waals surface area contributed by atoms with Crippen LogP contribution in [0, 0.1) is 0 Å². The first-order chi connectivity index (χ1) is 16.4. The van der Waals surface area contributed by atoms with Gasteiger partial charge in [0.05, 0.1) is 19.6 Å². The fraction of sp³-hybridized carbons (Fsp3) is 0. The predicted molar refractivity (Wildman–Crippen MR) is 120 cm³/mol. The van der Waals surface area contributed by atoms with Gasteiger partial charge in [-0.3, -0.25) is 0 Å². The minimum Gasteiger partial charge on any atom is -0.744 e. The molecule has 4 rings (SSSR count). The molecule has 0 fully saturated rings. The second kappa shape index (κ2) is 16.4. The van der Waals surface area contributed by atoms with Crippen molar-refractivity contribution in [3.8, 4) is 0 Å². The maximum absolute atomic E-state index is 11.0. The van der Waals surface area contributed by atoms with Crippen LogP contribution in [0.5, 0.6) is 0 Å². The average Bonchev–Trinajstić information content (AvgIpc) is 2.75. The minimum absolute atomic E-state index is 0. The quantitative estimate of drug-likeness (QED) is 0.146. The standard InChI is InChI=1S/2C10H8O6S2.4Na/c2*11-17(12,13)9-5-7-3-1-2-4-8(7)6-10(9)18(14,15)16;;;;/h2*1-6H,(H,11,12,13)(H,14,15,16);;;;/q;;4*+1/p-4. The van der Waals surface area contributed by atoms with E-state index >= 15 is 0 Å². The third-order valence-corrected chi connectivity index (χ3v) is 8.47. The number of rotatable bonds is 4. The first-order valence-electron chi connectivity index (χ1n) is 9.28. The summed E-state index contributed by atoms with van der Waals surface area (Å²) in [6.07, 6.45) is 0. The Kier molecular flexibility index (Phi) is 17.7. The molecule has 0 unspecified atom stereocenters. The molecule has 0 heterocycles. The minimum atomic E-state index is -5.04. The van der Waals surface area contributed by atoms with Crippen molar-refractivity contribution in [3.05, 3.63) is 72.8 Å². The van der Waals surface area contributed by atoms with E-state index in [9.17, 15) is 51.9 Å². The van der Waals surface area contributed by atoms with E-state index in [0.29, 0.717) is 21.5 Å². The van der Waals surface area contributed by atoms with E-state index < -0.39 is 60.1 Å². The molecule has 0 aliphatic carbocycles. The molecule has 0 N–H and O–H groups in total. The molecule has 0 amide bonds. The molecular weight excluding hydrogens is 652 g/mol. The molecule has 0 saturated heterocycles. The monoisotopic (exact) mass is 664 g/mol. The molecule has 4 aromatic rings. The van der Waals surface area contributed by atoms with Crippen LogP contribution in [0.4, 0.5) is 0 Å².